The van der Waals surface area contributed by atoms with Gasteiger partial charge in [-0.15, -0.1) is 5.10 Å². The molecular formula is C22H17ClF3N5O3. The number of nitrogens with one attached hydrogen (secondary N) is 1. The van der Waals surface area contributed by atoms with E-state index in [1.807, 2.05) is 0 Å². The minimum absolute atomic E-state index is 0.127. The zero-order valence-corrected chi connectivity index (χ0v) is 18.6. The summed E-state index contributed by atoms with van der Waals surface area (Å²) in [6.45, 7) is 1.01. The number of carbonyl (C=O) groups excluding carboxylic acids is 1. The van der Waals surface area contributed by atoms with Gasteiger partial charge in [-0.2, -0.15) is 13.2 Å². The Bertz CT molecular complexity index is 1450. The maximum absolute atomic E-state index is 13.3. The topological polar surface area (TPSA) is 90.5 Å². The van der Waals surface area contributed by atoms with E-state index in [4.69, 9.17) is 16.3 Å². The van der Waals surface area contributed by atoms with Crippen LogP contribution >= 0.6 is 11.6 Å². The Morgan fingerprint density at radius 3 is 2.50 bits per heavy atom. The molecule has 4 aromatic rings. The second-order valence-corrected chi connectivity index (χ2v) is 7.72. The molecule has 0 aliphatic heterocycles. The molecule has 4 rings (SSSR count). The number of ether oxygens (including phenoxy) is 1. The number of nitrogens with zero attached hydrogens (tertiary/aromatic N) is 4. The number of hydrogen-bond acceptors (Lipinski definition) is 5. The van der Waals surface area contributed by atoms with E-state index < -0.39 is 35.6 Å². The summed E-state index contributed by atoms with van der Waals surface area (Å²) in [5.41, 5.74) is -0.681. The lowest BCUT2D eigenvalue weighted by atomic mass is 10.1. The zero-order chi connectivity index (χ0) is 24.6. The van der Waals surface area contributed by atoms with E-state index in [0.29, 0.717) is 23.3 Å². The standard InChI is InChI=1S/C22H17ClF3N5O3/c1-12-27-18(13-3-6-15(34-2)7-4-13)10-19-29-30(21(33)31(12)19)11-20(32)28-17-8-5-14(23)9-16(17)22(24,25)26/h3-10H,11H2,1-2H3,(H,28,32). The van der Waals surface area contributed by atoms with Gasteiger partial charge in [-0.3, -0.25) is 4.79 Å². The Morgan fingerprint density at radius 1 is 1.15 bits per heavy atom. The Labute approximate surface area is 195 Å². The molecule has 0 radical (unpaired) electrons. The van der Waals surface area contributed by atoms with Crippen LogP contribution < -0.4 is 15.7 Å². The maximum Gasteiger partial charge on any atom is 0.418 e. The predicted octanol–water partition coefficient (Wildman–Crippen LogP) is 4.19. The van der Waals surface area contributed by atoms with Crippen LogP contribution in [0.15, 0.2) is 53.3 Å². The van der Waals surface area contributed by atoms with Crippen molar-refractivity contribution in [3.63, 3.8) is 0 Å². The quantitative estimate of drug-likeness (QED) is 0.452. The van der Waals surface area contributed by atoms with E-state index in [0.717, 1.165) is 16.3 Å². The number of benzene rings is 2. The minimum atomic E-state index is -4.73. The highest BCUT2D eigenvalue weighted by Gasteiger charge is 2.34. The van der Waals surface area contributed by atoms with Crippen molar-refractivity contribution in [1.29, 1.82) is 0 Å². The molecule has 0 atom stereocenters. The van der Waals surface area contributed by atoms with Crippen molar-refractivity contribution in [2.24, 2.45) is 0 Å². The third kappa shape index (κ3) is 4.60. The summed E-state index contributed by atoms with van der Waals surface area (Å²) in [6, 6.07) is 11.7. The second kappa shape index (κ2) is 8.82. The molecule has 0 saturated heterocycles. The summed E-state index contributed by atoms with van der Waals surface area (Å²) in [6.07, 6.45) is -4.73. The number of methoxy groups -OCH3 is 1. The highest BCUT2D eigenvalue weighted by atomic mass is 35.5. The molecule has 1 N–H and O–H groups in total. The van der Waals surface area contributed by atoms with Gasteiger partial charge in [0.25, 0.3) is 0 Å². The maximum atomic E-state index is 13.3. The van der Waals surface area contributed by atoms with Crippen LogP contribution in [0.1, 0.15) is 11.4 Å². The van der Waals surface area contributed by atoms with Gasteiger partial charge >= 0.3 is 11.9 Å². The van der Waals surface area contributed by atoms with E-state index in [1.54, 1.807) is 44.4 Å². The average Bonchev–Trinajstić information content (AvgIpc) is 3.09. The lowest BCUT2D eigenvalue weighted by Gasteiger charge is -2.14. The van der Waals surface area contributed by atoms with Crippen molar-refractivity contribution in [2.45, 2.75) is 19.6 Å². The van der Waals surface area contributed by atoms with E-state index >= 15 is 0 Å². The molecule has 1 amide bonds. The smallest absolute Gasteiger partial charge is 0.418 e. The van der Waals surface area contributed by atoms with Gasteiger partial charge in [0.1, 0.15) is 18.1 Å². The fraction of sp³-hybridized carbons (Fsp3) is 0.182. The lowest BCUT2D eigenvalue weighted by molar-refractivity contribution is -0.137. The Hall–Kier alpha value is -3.86. The van der Waals surface area contributed by atoms with Crippen molar-refractivity contribution in [3.8, 4) is 17.0 Å². The normalized spacial score (nSPS) is 11.6. The largest absolute Gasteiger partial charge is 0.497 e. The number of aromatic nitrogens is 4. The summed E-state index contributed by atoms with van der Waals surface area (Å²) in [5, 5.41) is 6.20. The average molecular weight is 492 g/mol. The van der Waals surface area contributed by atoms with Gasteiger partial charge in [0.2, 0.25) is 5.91 Å². The van der Waals surface area contributed by atoms with Crippen molar-refractivity contribution >= 4 is 28.8 Å². The number of hydrogen-bond donors (Lipinski definition) is 1. The van der Waals surface area contributed by atoms with Gasteiger partial charge in [0.15, 0.2) is 5.65 Å². The summed E-state index contributed by atoms with van der Waals surface area (Å²) in [4.78, 5) is 29.7. The first kappa shape index (κ1) is 23.3. The number of aryl methyl sites for hydroxylation is 1. The number of alkyl halides is 3. The molecule has 2 aromatic carbocycles. The van der Waals surface area contributed by atoms with Gasteiger partial charge in [0, 0.05) is 16.7 Å². The number of amides is 1. The van der Waals surface area contributed by atoms with E-state index in [2.05, 4.69) is 15.4 Å². The number of rotatable bonds is 5. The van der Waals surface area contributed by atoms with Crippen LogP contribution in [0.25, 0.3) is 16.9 Å². The van der Waals surface area contributed by atoms with Crippen molar-refractivity contribution < 1.29 is 22.7 Å². The molecular weight excluding hydrogens is 475 g/mol. The Balaban J connectivity index is 1.63. The molecule has 0 spiro atoms. The summed E-state index contributed by atoms with van der Waals surface area (Å²) in [7, 11) is 1.55. The molecule has 2 heterocycles. The van der Waals surface area contributed by atoms with Gasteiger partial charge in [0.05, 0.1) is 24.1 Å². The first-order valence-electron chi connectivity index (χ1n) is 9.85. The predicted molar refractivity (Wildman–Crippen MR) is 119 cm³/mol. The van der Waals surface area contributed by atoms with Gasteiger partial charge in [-0.25, -0.2) is 18.9 Å². The number of halogens is 4. The highest BCUT2D eigenvalue weighted by Crippen LogP contribution is 2.36. The summed E-state index contributed by atoms with van der Waals surface area (Å²) in [5.74, 6) is 0.138. The van der Waals surface area contributed by atoms with E-state index in [-0.39, 0.29) is 10.7 Å². The minimum Gasteiger partial charge on any atom is -0.497 e. The van der Waals surface area contributed by atoms with Crippen LogP contribution in [0.4, 0.5) is 18.9 Å². The first-order valence-corrected chi connectivity index (χ1v) is 10.2. The van der Waals surface area contributed by atoms with Gasteiger partial charge < -0.3 is 10.1 Å². The van der Waals surface area contributed by atoms with Crippen LogP contribution in [0.2, 0.25) is 5.02 Å². The third-order valence-electron chi connectivity index (χ3n) is 4.98. The molecule has 0 saturated carbocycles. The fourth-order valence-corrected chi connectivity index (χ4v) is 3.57. The Morgan fingerprint density at radius 2 is 1.85 bits per heavy atom. The molecule has 2 aromatic heterocycles. The molecule has 8 nitrogen and oxygen atoms in total. The number of fused-ring (bicyclic) bond motifs is 1. The van der Waals surface area contributed by atoms with E-state index in [9.17, 15) is 22.8 Å². The number of anilines is 1. The SMILES string of the molecule is COc1ccc(-c2cc3nn(CC(=O)Nc4ccc(Cl)cc4C(F)(F)F)c(=O)n3c(C)n2)cc1. The van der Waals surface area contributed by atoms with Crippen molar-refractivity contribution in [2.75, 3.05) is 12.4 Å². The third-order valence-corrected chi connectivity index (χ3v) is 5.21. The molecule has 0 aliphatic carbocycles. The molecule has 12 heteroatoms. The van der Waals surface area contributed by atoms with E-state index in [1.165, 1.54) is 10.5 Å². The van der Waals surface area contributed by atoms with Crippen LogP contribution in [0.5, 0.6) is 5.75 Å². The second-order valence-electron chi connectivity index (χ2n) is 7.29. The van der Waals surface area contributed by atoms with Crippen molar-refractivity contribution in [1.82, 2.24) is 19.2 Å². The van der Waals surface area contributed by atoms with Gasteiger partial charge in [-0.05, 0) is 49.4 Å². The monoisotopic (exact) mass is 491 g/mol. The lowest BCUT2D eigenvalue weighted by Crippen LogP contribution is -2.29. The fourth-order valence-electron chi connectivity index (χ4n) is 3.40. The summed E-state index contributed by atoms with van der Waals surface area (Å²) < 4.78 is 47.1. The first-order chi connectivity index (χ1) is 16.1. The molecule has 34 heavy (non-hydrogen) atoms. The molecule has 0 aliphatic rings. The Kier molecular flexibility index (Phi) is 6.05. The van der Waals surface area contributed by atoms with Crippen LogP contribution in [-0.4, -0.2) is 32.2 Å². The highest BCUT2D eigenvalue weighted by molar-refractivity contribution is 6.30. The molecule has 0 unspecified atom stereocenters. The molecule has 0 fully saturated rings. The van der Waals surface area contributed by atoms with Crippen LogP contribution in [0.3, 0.4) is 0 Å². The zero-order valence-electron chi connectivity index (χ0n) is 17.9. The van der Waals surface area contributed by atoms with Crippen LogP contribution in [-0.2, 0) is 17.5 Å². The van der Waals surface area contributed by atoms with Crippen LogP contribution in [0, 0.1) is 6.92 Å². The van der Waals surface area contributed by atoms with Gasteiger partial charge in [-0.1, -0.05) is 11.6 Å². The summed E-state index contributed by atoms with van der Waals surface area (Å²) >= 11 is 5.66. The molecule has 0 bridgehead atoms. The number of carbonyl (C=O) groups is 1. The van der Waals surface area contributed by atoms with Crippen molar-refractivity contribution in [3.05, 3.63) is 75.4 Å². The molecule has 176 valence electrons.